The summed E-state index contributed by atoms with van der Waals surface area (Å²) in [5.74, 6) is -1.38. The van der Waals surface area contributed by atoms with E-state index in [2.05, 4.69) is 15.9 Å². The average molecular weight is 427 g/mol. The van der Waals surface area contributed by atoms with Gasteiger partial charge in [0, 0.05) is 33.7 Å². The number of aliphatic carboxylic acids is 1. The lowest BCUT2D eigenvalue weighted by Crippen LogP contribution is -2.37. The highest BCUT2D eigenvalue weighted by Gasteiger charge is 2.63. The lowest BCUT2D eigenvalue weighted by atomic mass is 9.49. The molecule has 4 nitrogen and oxygen atoms in total. The Balaban J connectivity index is 1.88. The molecule has 0 saturated heterocycles. The molecule has 1 fully saturated rings. The van der Waals surface area contributed by atoms with Gasteiger partial charge < -0.3 is 14.2 Å². The van der Waals surface area contributed by atoms with Crippen LogP contribution in [0.5, 0.6) is 0 Å². The molecule has 2 aromatic rings. The highest BCUT2D eigenvalue weighted by molar-refractivity contribution is 9.10. The standard InChI is InChI=1S/C16H11B3BrFN2O2S/c17-16(18,19)23-11(4-12(24)25)13-9-5-15(9,6-22(13)14(23)26)8-3-7(20)1-2-10(8)21/h1-3,9H,4-6H2,(H,24,25)/t9-,15+/m0/s1. The van der Waals surface area contributed by atoms with Crippen LogP contribution in [-0.2, 0) is 28.4 Å². The highest BCUT2D eigenvalue weighted by atomic mass is 79.9. The largest absolute Gasteiger partial charge is 0.481 e. The third kappa shape index (κ3) is 2.48. The van der Waals surface area contributed by atoms with Crippen LogP contribution in [-0.4, -0.2) is 43.7 Å². The zero-order chi connectivity index (χ0) is 19.0. The van der Waals surface area contributed by atoms with Gasteiger partial charge in [-0.1, -0.05) is 21.2 Å². The summed E-state index contributed by atoms with van der Waals surface area (Å²) in [7, 11) is 17.5. The molecule has 0 amide bonds. The molecule has 2 heterocycles. The molecule has 1 saturated carbocycles. The Kier molecular flexibility index (Phi) is 3.91. The molecule has 0 bridgehead atoms. The van der Waals surface area contributed by atoms with Gasteiger partial charge in [0.05, 0.1) is 30.0 Å². The molecule has 1 aromatic carbocycles. The lowest BCUT2D eigenvalue weighted by molar-refractivity contribution is -0.136. The van der Waals surface area contributed by atoms with Gasteiger partial charge in [0.15, 0.2) is 4.77 Å². The van der Waals surface area contributed by atoms with Crippen molar-refractivity contribution < 1.29 is 14.3 Å². The Bertz CT molecular complexity index is 1020. The van der Waals surface area contributed by atoms with E-state index < -0.39 is 16.6 Å². The van der Waals surface area contributed by atoms with E-state index in [-0.39, 0.29) is 22.9 Å². The highest BCUT2D eigenvalue weighted by Crippen LogP contribution is 2.67. The number of carboxylic acids is 1. The zero-order valence-electron chi connectivity index (χ0n) is 13.6. The third-order valence-corrected chi connectivity index (χ3v) is 6.19. The molecular formula is C16H11B3BrFN2O2S. The number of hydrogen-bond acceptors (Lipinski definition) is 2. The number of benzene rings is 1. The Labute approximate surface area is 167 Å². The van der Waals surface area contributed by atoms with E-state index in [1.165, 1.54) is 10.6 Å². The first-order chi connectivity index (χ1) is 12.1. The molecule has 1 aliphatic heterocycles. The Hall–Kier alpha value is -1.28. The van der Waals surface area contributed by atoms with Crippen molar-refractivity contribution in [3.8, 4) is 0 Å². The number of imidazole rings is 1. The fraction of sp³-hybridized carbons (Fsp3) is 0.375. The van der Waals surface area contributed by atoms with Crippen LogP contribution in [0.25, 0.3) is 0 Å². The van der Waals surface area contributed by atoms with Crippen LogP contribution in [0.15, 0.2) is 22.7 Å². The van der Waals surface area contributed by atoms with Crippen LogP contribution in [0.3, 0.4) is 0 Å². The van der Waals surface area contributed by atoms with E-state index in [9.17, 15) is 14.3 Å². The maximum atomic E-state index is 14.5. The number of rotatable bonds is 4. The fourth-order valence-electron chi connectivity index (χ4n) is 4.25. The van der Waals surface area contributed by atoms with Gasteiger partial charge in [0.25, 0.3) is 0 Å². The minimum absolute atomic E-state index is 0.0500. The number of carbonyl (C=O) groups is 1. The normalized spacial score (nSPS) is 23.5. The minimum Gasteiger partial charge on any atom is -0.481 e. The van der Waals surface area contributed by atoms with Gasteiger partial charge in [0.1, 0.15) is 5.82 Å². The first-order valence-electron chi connectivity index (χ1n) is 7.95. The van der Waals surface area contributed by atoms with Gasteiger partial charge in [-0.3, -0.25) is 4.79 Å². The molecule has 4 rings (SSSR count). The smallest absolute Gasteiger partial charge is 0.309 e. The molecular weight excluding hydrogens is 416 g/mol. The lowest BCUT2D eigenvalue weighted by Gasteiger charge is -2.26. The van der Waals surface area contributed by atoms with Crippen molar-refractivity contribution in [1.29, 1.82) is 0 Å². The van der Waals surface area contributed by atoms with Gasteiger partial charge >= 0.3 is 5.97 Å². The molecule has 6 radical (unpaired) electrons. The SMILES string of the molecule is [B]C([B])([B])n1c(CC(=O)O)c2n(c1=S)C[C@@]1(c3cc(Br)ccc3F)C[C@@H]21. The molecule has 10 heteroatoms. The molecule has 2 aliphatic rings. The van der Waals surface area contributed by atoms with E-state index in [1.807, 2.05) is 0 Å². The second-order valence-electron chi connectivity index (χ2n) is 7.03. The topological polar surface area (TPSA) is 47.2 Å². The maximum Gasteiger partial charge on any atom is 0.309 e. The summed E-state index contributed by atoms with van der Waals surface area (Å²) < 4.78 is 18.6. The van der Waals surface area contributed by atoms with E-state index in [1.54, 1.807) is 16.7 Å². The molecule has 0 spiro atoms. The molecule has 1 N–H and O–H groups in total. The number of aromatic nitrogens is 2. The summed E-state index contributed by atoms with van der Waals surface area (Å²) in [5, 5.41) is 7.51. The summed E-state index contributed by atoms with van der Waals surface area (Å²) >= 11 is 8.85. The Morgan fingerprint density at radius 3 is 2.77 bits per heavy atom. The predicted octanol–water partition coefficient (Wildman–Crippen LogP) is 2.06. The van der Waals surface area contributed by atoms with E-state index in [0.717, 1.165) is 10.2 Å². The summed E-state index contributed by atoms with van der Waals surface area (Å²) in [4.78, 5) is 11.4. The second-order valence-corrected chi connectivity index (χ2v) is 8.31. The van der Waals surface area contributed by atoms with Crippen molar-refractivity contribution in [2.75, 3.05) is 0 Å². The fourth-order valence-corrected chi connectivity index (χ4v) is 5.04. The van der Waals surface area contributed by atoms with Crippen LogP contribution < -0.4 is 0 Å². The van der Waals surface area contributed by atoms with E-state index in [0.29, 0.717) is 24.2 Å². The Morgan fingerprint density at radius 1 is 1.46 bits per heavy atom. The van der Waals surface area contributed by atoms with Crippen LogP contribution >= 0.6 is 28.1 Å². The molecule has 1 aromatic heterocycles. The third-order valence-electron chi connectivity index (χ3n) is 5.29. The van der Waals surface area contributed by atoms with E-state index in [4.69, 9.17) is 35.8 Å². The van der Waals surface area contributed by atoms with E-state index >= 15 is 0 Å². The van der Waals surface area contributed by atoms with Crippen molar-refractivity contribution in [3.63, 3.8) is 0 Å². The van der Waals surface area contributed by atoms with Crippen molar-refractivity contribution in [2.24, 2.45) is 0 Å². The van der Waals surface area contributed by atoms with Gasteiger partial charge in [-0.2, -0.15) is 0 Å². The summed E-state index contributed by atoms with van der Waals surface area (Å²) in [6, 6.07) is 4.85. The maximum absolute atomic E-state index is 14.5. The van der Waals surface area contributed by atoms with Crippen molar-refractivity contribution in [2.45, 2.75) is 36.0 Å². The quantitative estimate of drug-likeness (QED) is 0.601. The minimum atomic E-state index is -1.81. The Morgan fingerprint density at radius 2 is 2.15 bits per heavy atom. The molecule has 1 aliphatic carbocycles. The van der Waals surface area contributed by atoms with Crippen LogP contribution in [0.4, 0.5) is 4.39 Å². The predicted molar refractivity (Wildman–Crippen MR) is 103 cm³/mol. The van der Waals surface area contributed by atoms with Crippen molar-refractivity contribution >= 4 is 57.7 Å². The summed E-state index contributed by atoms with van der Waals surface area (Å²) in [6.07, 6.45) is 0.394. The van der Waals surface area contributed by atoms with Crippen LogP contribution in [0.1, 0.15) is 29.3 Å². The number of carboxylic acid groups (broad SMARTS) is 1. The zero-order valence-corrected chi connectivity index (χ0v) is 16.0. The number of hydrogen-bond donors (Lipinski definition) is 1. The van der Waals surface area contributed by atoms with Crippen LogP contribution in [0.2, 0.25) is 0 Å². The summed E-state index contributed by atoms with van der Waals surface area (Å²) in [5.41, 5.74) is 1.29. The first kappa shape index (κ1) is 18.1. The average Bonchev–Trinajstić information content (AvgIpc) is 3.02. The summed E-state index contributed by atoms with van der Waals surface area (Å²) in [6.45, 7) is 0.439. The van der Waals surface area contributed by atoms with Gasteiger partial charge in [-0.05, 0) is 42.4 Å². The second kappa shape index (κ2) is 5.61. The van der Waals surface area contributed by atoms with Crippen molar-refractivity contribution in [1.82, 2.24) is 9.13 Å². The molecule has 26 heavy (non-hydrogen) atoms. The van der Waals surface area contributed by atoms with Crippen LogP contribution in [0, 0.1) is 10.6 Å². The first-order valence-corrected chi connectivity index (χ1v) is 9.15. The van der Waals surface area contributed by atoms with Gasteiger partial charge in [-0.25, -0.2) is 4.39 Å². The molecule has 0 unspecified atom stereocenters. The van der Waals surface area contributed by atoms with Gasteiger partial charge in [0.2, 0.25) is 0 Å². The van der Waals surface area contributed by atoms with Crippen molar-refractivity contribution in [3.05, 3.63) is 50.2 Å². The number of nitrogens with zero attached hydrogens (tertiary/aromatic N) is 2. The molecule has 2 atom stereocenters. The number of fused-ring (bicyclic) bond motifs is 3. The van der Waals surface area contributed by atoms with Gasteiger partial charge in [-0.15, -0.1) is 0 Å². The monoisotopic (exact) mass is 426 g/mol. The molecule has 126 valence electrons. The number of halogens is 2.